The number of aryl methyl sites for hydroxylation is 1. The van der Waals surface area contributed by atoms with Gasteiger partial charge in [0.2, 0.25) is 5.24 Å². The molecule has 0 bridgehead atoms. The lowest BCUT2D eigenvalue weighted by Crippen LogP contribution is -1.95. The van der Waals surface area contributed by atoms with Gasteiger partial charge in [-0.25, -0.2) is 0 Å². The number of hydrogen-bond donors (Lipinski definition) is 0. The normalized spacial score (nSPS) is 9.64. The third-order valence-corrected chi connectivity index (χ3v) is 1.72. The Bertz CT molecular complexity index is 268. The molecule has 0 aliphatic rings. The summed E-state index contributed by atoms with van der Waals surface area (Å²) in [7, 11) is 0. The topological polar surface area (TPSA) is 17.1 Å². The van der Waals surface area contributed by atoms with Crippen LogP contribution in [-0.2, 0) is 11.2 Å². The van der Waals surface area contributed by atoms with Crippen molar-refractivity contribution in [1.29, 1.82) is 0 Å². The van der Waals surface area contributed by atoms with Crippen LogP contribution in [0.3, 0.4) is 0 Å². The molecule has 0 spiro atoms. The van der Waals surface area contributed by atoms with Crippen LogP contribution in [0.15, 0.2) is 24.3 Å². The van der Waals surface area contributed by atoms with Crippen molar-refractivity contribution in [3.05, 3.63) is 35.4 Å². The van der Waals surface area contributed by atoms with E-state index in [1.807, 2.05) is 31.2 Å². The summed E-state index contributed by atoms with van der Waals surface area (Å²) in [4.78, 5) is 10.5. The number of benzene rings is 1. The Morgan fingerprint density at radius 1 is 1.45 bits per heavy atom. The zero-order valence-corrected chi connectivity index (χ0v) is 7.06. The third-order valence-electron chi connectivity index (χ3n) is 1.59. The van der Waals surface area contributed by atoms with Crippen molar-refractivity contribution in [1.82, 2.24) is 0 Å². The highest BCUT2D eigenvalue weighted by Crippen LogP contribution is 2.08. The van der Waals surface area contributed by atoms with E-state index >= 15 is 0 Å². The molecule has 0 radical (unpaired) electrons. The lowest BCUT2D eigenvalue weighted by molar-refractivity contribution is -0.111. The fourth-order valence-corrected chi connectivity index (χ4v) is 1.10. The third kappa shape index (κ3) is 2.35. The van der Waals surface area contributed by atoms with E-state index in [4.69, 9.17) is 11.6 Å². The summed E-state index contributed by atoms with van der Waals surface area (Å²) >= 11 is 5.25. The summed E-state index contributed by atoms with van der Waals surface area (Å²) in [6.07, 6.45) is 0.328. The smallest absolute Gasteiger partial charge is 0.226 e. The zero-order chi connectivity index (χ0) is 8.27. The molecule has 0 saturated heterocycles. The van der Waals surface area contributed by atoms with Crippen molar-refractivity contribution in [3.63, 3.8) is 0 Å². The van der Waals surface area contributed by atoms with Crippen molar-refractivity contribution in [3.8, 4) is 0 Å². The molecule has 0 heterocycles. The van der Waals surface area contributed by atoms with E-state index in [1.165, 1.54) is 0 Å². The molecule has 1 nitrogen and oxygen atoms in total. The van der Waals surface area contributed by atoms with Gasteiger partial charge in [0.1, 0.15) is 0 Å². The van der Waals surface area contributed by atoms with Crippen LogP contribution in [0.5, 0.6) is 0 Å². The van der Waals surface area contributed by atoms with Crippen molar-refractivity contribution in [2.45, 2.75) is 13.3 Å². The molecule has 0 unspecified atom stereocenters. The van der Waals surface area contributed by atoms with Gasteiger partial charge in [0, 0.05) is 6.42 Å². The van der Waals surface area contributed by atoms with Crippen LogP contribution in [0.2, 0.25) is 0 Å². The summed E-state index contributed by atoms with van der Waals surface area (Å²) in [5.74, 6) is 0. The molecule has 0 aromatic heterocycles. The van der Waals surface area contributed by atoms with Crippen molar-refractivity contribution >= 4 is 16.8 Å². The zero-order valence-electron chi connectivity index (χ0n) is 6.30. The van der Waals surface area contributed by atoms with Gasteiger partial charge in [0.15, 0.2) is 0 Å². The molecule has 0 atom stereocenters. The number of rotatable bonds is 2. The van der Waals surface area contributed by atoms with E-state index < -0.39 is 0 Å². The lowest BCUT2D eigenvalue weighted by atomic mass is 10.1. The van der Waals surface area contributed by atoms with Crippen molar-refractivity contribution in [2.24, 2.45) is 0 Å². The van der Waals surface area contributed by atoms with Crippen LogP contribution >= 0.6 is 11.6 Å². The molecule has 1 aromatic carbocycles. The van der Waals surface area contributed by atoms with Gasteiger partial charge in [-0.3, -0.25) is 4.79 Å². The standard InChI is InChI=1S/C9H9ClO/c1-7-4-2-3-5-8(7)6-9(10)11/h2-5H,6H2,1H3. The summed E-state index contributed by atoms with van der Waals surface area (Å²) < 4.78 is 0. The highest BCUT2D eigenvalue weighted by molar-refractivity contribution is 6.63. The number of hydrogen-bond acceptors (Lipinski definition) is 1. The van der Waals surface area contributed by atoms with Gasteiger partial charge in [0.25, 0.3) is 0 Å². The van der Waals surface area contributed by atoms with Gasteiger partial charge in [-0.2, -0.15) is 0 Å². The predicted molar refractivity (Wildman–Crippen MR) is 45.7 cm³/mol. The summed E-state index contributed by atoms with van der Waals surface area (Å²) in [6, 6.07) is 7.73. The molecule has 1 aromatic rings. The van der Waals surface area contributed by atoms with E-state index in [0.717, 1.165) is 11.1 Å². The first-order valence-corrected chi connectivity index (χ1v) is 3.81. The minimum absolute atomic E-state index is 0.306. The van der Waals surface area contributed by atoms with Gasteiger partial charge < -0.3 is 0 Å². The molecule has 0 N–H and O–H groups in total. The largest absolute Gasteiger partial charge is 0.281 e. The van der Waals surface area contributed by atoms with Gasteiger partial charge in [-0.15, -0.1) is 0 Å². The second-order valence-electron chi connectivity index (χ2n) is 2.46. The predicted octanol–water partition coefficient (Wildman–Crippen LogP) is 2.30. The minimum atomic E-state index is -0.306. The highest BCUT2D eigenvalue weighted by atomic mass is 35.5. The monoisotopic (exact) mass is 168 g/mol. The maximum atomic E-state index is 10.5. The molecular weight excluding hydrogens is 160 g/mol. The average Bonchev–Trinajstić information content (AvgIpc) is 1.93. The highest BCUT2D eigenvalue weighted by Gasteiger charge is 2.00. The SMILES string of the molecule is Cc1ccccc1CC(=O)Cl. The van der Waals surface area contributed by atoms with Crippen LogP contribution in [0, 0.1) is 6.92 Å². The van der Waals surface area contributed by atoms with E-state index in [2.05, 4.69) is 0 Å². The molecule has 0 saturated carbocycles. The Morgan fingerprint density at radius 3 is 2.64 bits per heavy atom. The number of carbonyl (C=O) groups is 1. The quantitative estimate of drug-likeness (QED) is 0.620. The molecular formula is C9H9ClO. The van der Waals surface area contributed by atoms with Crippen LogP contribution in [-0.4, -0.2) is 5.24 Å². The van der Waals surface area contributed by atoms with Crippen LogP contribution in [0.1, 0.15) is 11.1 Å². The second-order valence-corrected chi connectivity index (χ2v) is 2.88. The van der Waals surface area contributed by atoms with Gasteiger partial charge in [-0.05, 0) is 29.7 Å². The Labute approximate surface area is 71.0 Å². The Morgan fingerprint density at radius 2 is 2.09 bits per heavy atom. The molecule has 0 aliphatic carbocycles. The average molecular weight is 169 g/mol. The van der Waals surface area contributed by atoms with Gasteiger partial charge in [0.05, 0.1) is 0 Å². The number of halogens is 1. The van der Waals surface area contributed by atoms with E-state index in [-0.39, 0.29) is 5.24 Å². The van der Waals surface area contributed by atoms with E-state index in [9.17, 15) is 4.79 Å². The first-order chi connectivity index (χ1) is 5.20. The van der Waals surface area contributed by atoms with Crippen molar-refractivity contribution in [2.75, 3.05) is 0 Å². The van der Waals surface area contributed by atoms with Crippen LogP contribution in [0.25, 0.3) is 0 Å². The summed E-state index contributed by atoms with van der Waals surface area (Å²) in [5, 5.41) is -0.306. The molecule has 1 rings (SSSR count). The molecule has 11 heavy (non-hydrogen) atoms. The second kappa shape index (κ2) is 3.54. The van der Waals surface area contributed by atoms with Crippen LogP contribution < -0.4 is 0 Å². The first-order valence-electron chi connectivity index (χ1n) is 3.43. The first kappa shape index (κ1) is 8.28. The lowest BCUT2D eigenvalue weighted by Gasteiger charge is -1.99. The Hall–Kier alpha value is -0.820. The molecule has 0 amide bonds. The molecule has 0 aliphatic heterocycles. The van der Waals surface area contributed by atoms with Gasteiger partial charge >= 0.3 is 0 Å². The maximum absolute atomic E-state index is 10.5. The van der Waals surface area contributed by atoms with Crippen LogP contribution in [0.4, 0.5) is 0 Å². The number of carbonyl (C=O) groups excluding carboxylic acids is 1. The van der Waals surface area contributed by atoms with Gasteiger partial charge in [-0.1, -0.05) is 24.3 Å². The van der Waals surface area contributed by atoms with Crippen molar-refractivity contribution < 1.29 is 4.79 Å². The van der Waals surface area contributed by atoms with E-state index in [0.29, 0.717) is 6.42 Å². The Kier molecular flexibility index (Phi) is 2.66. The summed E-state index contributed by atoms with van der Waals surface area (Å²) in [5.41, 5.74) is 2.12. The maximum Gasteiger partial charge on any atom is 0.226 e. The molecule has 2 heteroatoms. The fourth-order valence-electron chi connectivity index (χ4n) is 0.958. The minimum Gasteiger partial charge on any atom is -0.281 e. The van der Waals surface area contributed by atoms with E-state index in [1.54, 1.807) is 0 Å². The summed E-state index contributed by atoms with van der Waals surface area (Å²) in [6.45, 7) is 1.97. The molecule has 0 fully saturated rings. The fraction of sp³-hybridized carbons (Fsp3) is 0.222. The molecule has 58 valence electrons. The Balaban J connectivity index is 2.86.